The average Bonchev–Trinajstić information content (AvgIpc) is 2.51. The van der Waals surface area contributed by atoms with Crippen LogP contribution in [0.4, 0.5) is 5.82 Å². The van der Waals surface area contributed by atoms with Crippen molar-refractivity contribution in [1.82, 2.24) is 15.0 Å². The number of hydrogen-bond donors (Lipinski definition) is 1. The summed E-state index contributed by atoms with van der Waals surface area (Å²) in [4.78, 5) is 12.3. The predicted molar refractivity (Wildman–Crippen MR) is 76.2 cm³/mol. The Morgan fingerprint density at radius 3 is 2.45 bits per heavy atom. The molecule has 3 rings (SSSR count). The number of aromatic nitrogens is 3. The van der Waals surface area contributed by atoms with Gasteiger partial charge in [0.15, 0.2) is 0 Å². The van der Waals surface area contributed by atoms with E-state index in [1.165, 1.54) is 0 Å². The number of hydrogen-bond acceptors (Lipinski definition) is 5. The van der Waals surface area contributed by atoms with Crippen LogP contribution in [0, 0.1) is 0 Å². The maximum absolute atomic E-state index is 5.72. The molecule has 5 heteroatoms. The van der Waals surface area contributed by atoms with E-state index in [-0.39, 0.29) is 0 Å². The third-order valence-electron chi connectivity index (χ3n) is 2.70. The van der Waals surface area contributed by atoms with Gasteiger partial charge in [-0.3, -0.25) is 9.97 Å². The Labute approximate surface area is 116 Å². The Morgan fingerprint density at radius 1 is 0.850 bits per heavy atom. The van der Waals surface area contributed by atoms with Gasteiger partial charge in [-0.25, -0.2) is 4.98 Å². The van der Waals surface area contributed by atoms with Crippen molar-refractivity contribution in [3.63, 3.8) is 0 Å². The molecule has 0 saturated heterocycles. The highest BCUT2D eigenvalue weighted by Crippen LogP contribution is 2.25. The molecule has 2 N–H and O–H groups in total. The quantitative estimate of drug-likeness (QED) is 0.787. The van der Waals surface area contributed by atoms with Crippen molar-refractivity contribution in [1.29, 1.82) is 0 Å². The predicted octanol–water partition coefficient (Wildman–Crippen LogP) is 2.91. The Bertz CT molecular complexity index is 699. The average molecular weight is 264 g/mol. The van der Waals surface area contributed by atoms with Crippen LogP contribution < -0.4 is 10.5 Å². The Kier molecular flexibility index (Phi) is 3.24. The first-order valence-electron chi connectivity index (χ1n) is 6.07. The Hall–Kier alpha value is -2.95. The van der Waals surface area contributed by atoms with Crippen LogP contribution in [0.3, 0.4) is 0 Å². The molecule has 5 nitrogen and oxygen atoms in total. The van der Waals surface area contributed by atoms with Crippen LogP contribution in [0.1, 0.15) is 0 Å². The van der Waals surface area contributed by atoms with Crippen molar-refractivity contribution in [3.05, 3.63) is 61.2 Å². The van der Waals surface area contributed by atoms with E-state index >= 15 is 0 Å². The maximum Gasteiger partial charge on any atom is 0.145 e. The van der Waals surface area contributed by atoms with Gasteiger partial charge in [0.05, 0.1) is 11.9 Å². The van der Waals surface area contributed by atoms with E-state index in [9.17, 15) is 0 Å². The van der Waals surface area contributed by atoms with Crippen LogP contribution in [0.5, 0.6) is 11.5 Å². The molecule has 0 fully saturated rings. The van der Waals surface area contributed by atoms with Crippen molar-refractivity contribution >= 4 is 5.82 Å². The van der Waals surface area contributed by atoms with Crippen LogP contribution in [0.15, 0.2) is 61.2 Å². The summed E-state index contributed by atoms with van der Waals surface area (Å²) in [7, 11) is 0. The molecule has 20 heavy (non-hydrogen) atoms. The molecule has 0 aliphatic heterocycles. The van der Waals surface area contributed by atoms with E-state index in [0.29, 0.717) is 17.3 Å². The smallest absolute Gasteiger partial charge is 0.145 e. The number of pyridine rings is 3. The van der Waals surface area contributed by atoms with Crippen molar-refractivity contribution in [2.24, 2.45) is 0 Å². The van der Waals surface area contributed by atoms with Gasteiger partial charge in [0, 0.05) is 30.2 Å². The minimum atomic E-state index is 0.463. The second-order valence-corrected chi connectivity index (χ2v) is 4.13. The van der Waals surface area contributed by atoms with Crippen LogP contribution >= 0.6 is 0 Å². The van der Waals surface area contributed by atoms with E-state index < -0.39 is 0 Å². The van der Waals surface area contributed by atoms with Crippen molar-refractivity contribution < 1.29 is 4.74 Å². The summed E-state index contributed by atoms with van der Waals surface area (Å²) < 4.78 is 5.72. The van der Waals surface area contributed by atoms with E-state index in [4.69, 9.17) is 10.5 Å². The lowest BCUT2D eigenvalue weighted by Gasteiger charge is -2.07. The molecule has 3 aromatic heterocycles. The zero-order chi connectivity index (χ0) is 13.8. The van der Waals surface area contributed by atoms with Gasteiger partial charge in [0.2, 0.25) is 0 Å². The fraction of sp³-hybridized carbons (Fsp3) is 0. The molecule has 0 unspecified atom stereocenters. The summed E-state index contributed by atoms with van der Waals surface area (Å²) in [5.74, 6) is 1.79. The first kappa shape index (κ1) is 12.1. The van der Waals surface area contributed by atoms with E-state index in [1.54, 1.807) is 43.0 Å². The number of anilines is 1. The number of nitrogens with zero attached hydrogens (tertiary/aromatic N) is 3. The molecule has 0 amide bonds. The summed E-state index contributed by atoms with van der Waals surface area (Å²) in [6.07, 6.45) is 6.75. The molecule has 0 saturated carbocycles. The monoisotopic (exact) mass is 264 g/mol. The standard InChI is InChI=1S/C15H12N4O/c16-15-2-1-13(10-19-15)20-12-5-8-18-14(9-12)11-3-6-17-7-4-11/h1-10H,(H2,16,19). The fourth-order valence-corrected chi connectivity index (χ4v) is 1.74. The van der Waals surface area contributed by atoms with Gasteiger partial charge >= 0.3 is 0 Å². The lowest BCUT2D eigenvalue weighted by molar-refractivity contribution is 0.480. The zero-order valence-corrected chi connectivity index (χ0v) is 10.6. The van der Waals surface area contributed by atoms with E-state index in [2.05, 4.69) is 15.0 Å². The van der Waals surface area contributed by atoms with Gasteiger partial charge in [-0.2, -0.15) is 0 Å². The largest absolute Gasteiger partial charge is 0.456 e. The van der Waals surface area contributed by atoms with Crippen molar-refractivity contribution in [2.75, 3.05) is 5.73 Å². The third-order valence-corrected chi connectivity index (χ3v) is 2.70. The van der Waals surface area contributed by atoms with Crippen molar-refractivity contribution in [3.8, 4) is 22.8 Å². The van der Waals surface area contributed by atoms with Crippen LogP contribution in [-0.2, 0) is 0 Å². The number of nitrogens with two attached hydrogens (primary N) is 1. The molecule has 0 aliphatic rings. The highest BCUT2D eigenvalue weighted by atomic mass is 16.5. The highest BCUT2D eigenvalue weighted by Gasteiger charge is 2.02. The van der Waals surface area contributed by atoms with Gasteiger partial charge in [-0.05, 0) is 30.3 Å². The van der Waals surface area contributed by atoms with Crippen LogP contribution in [-0.4, -0.2) is 15.0 Å². The lowest BCUT2D eigenvalue weighted by Crippen LogP contribution is -1.91. The molecule has 0 aliphatic carbocycles. The second kappa shape index (κ2) is 5.36. The normalized spacial score (nSPS) is 10.2. The summed E-state index contributed by atoms with van der Waals surface area (Å²) in [5, 5.41) is 0. The van der Waals surface area contributed by atoms with Gasteiger partial charge in [0.25, 0.3) is 0 Å². The maximum atomic E-state index is 5.72. The molecular formula is C15H12N4O. The van der Waals surface area contributed by atoms with E-state index in [0.717, 1.165) is 11.3 Å². The molecule has 0 spiro atoms. The van der Waals surface area contributed by atoms with Crippen molar-refractivity contribution in [2.45, 2.75) is 0 Å². The molecule has 0 bridgehead atoms. The van der Waals surface area contributed by atoms with Gasteiger partial charge < -0.3 is 10.5 Å². The van der Waals surface area contributed by atoms with E-state index in [1.807, 2.05) is 18.2 Å². The molecule has 3 aromatic rings. The first-order chi connectivity index (χ1) is 9.81. The van der Waals surface area contributed by atoms with Crippen LogP contribution in [0.2, 0.25) is 0 Å². The Balaban J connectivity index is 1.86. The molecule has 0 radical (unpaired) electrons. The highest BCUT2D eigenvalue weighted by molar-refractivity contribution is 5.59. The van der Waals surface area contributed by atoms with Gasteiger partial charge in [-0.15, -0.1) is 0 Å². The lowest BCUT2D eigenvalue weighted by atomic mass is 10.2. The number of nitrogen functional groups attached to an aromatic ring is 1. The minimum absolute atomic E-state index is 0.463. The summed E-state index contributed by atoms with van der Waals surface area (Å²) >= 11 is 0. The second-order valence-electron chi connectivity index (χ2n) is 4.13. The van der Waals surface area contributed by atoms with Gasteiger partial charge in [0.1, 0.15) is 17.3 Å². The topological polar surface area (TPSA) is 73.9 Å². The molecule has 3 heterocycles. The first-order valence-corrected chi connectivity index (χ1v) is 6.07. The summed E-state index contributed by atoms with van der Waals surface area (Å²) in [5.41, 5.74) is 7.35. The fourth-order valence-electron chi connectivity index (χ4n) is 1.74. The van der Waals surface area contributed by atoms with Crippen LogP contribution in [0.25, 0.3) is 11.3 Å². The zero-order valence-electron chi connectivity index (χ0n) is 10.6. The Morgan fingerprint density at radius 2 is 1.70 bits per heavy atom. The third kappa shape index (κ3) is 2.72. The molecule has 0 atom stereocenters. The number of rotatable bonds is 3. The molecule has 0 aromatic carbocycles. The molecule has 98 valence electrons. The molecular weight excluding hydrogens is 252 g/mol. The van der Waals surface area contributed by atoms with Gasteiger partial charge in [-0.1, -0.05) is 0 Å². The number of ether oxygens (including phenoxy) is 1. The summed E-state index contributed by atoms with van der Waals surface area (Å²) in [6.45, 7) is 0. The summed E-state index contributed by atoms with van der Waals surface area (Å²) in [6, 6.07) is 10.9. The minimum Gasteiger partial charge on any atom is -0.456 e. The SMILES string of the molecule is Nc1ccc(Oc2ccnc(-c3ccncc3)c2)cn1.